The van der Waals surface area contributed by atoms with E-state index >= 15 is 0 Å². The summed E-state index contributed by atoms with van der Waals surface area (Å²) in [6, 6.07) is 1.72. The van der Waals surface area contributed by atoms with Gasteiger partial charge in [0.25, 0.3) is 0 Å². The molecule has 0 spiro atoms. The van der Waals surface area contributed by atoms with Crippen LogP contribution in [0.4, 0.5) is 10.5 Å². The van der Waals surface area contributed by atoms with E-state index in [1.54, 1.807) is 26.0 Å². The van der Waals surface area contributed by atoms with Gasteiger partial charge in [-0.25, -0.2) is 14.6 Å². The Morgan fingerprint density at radius 3 is 2.55 bits per heavy atom. The number of aromatic nitrogens is 1. The van der Waals surface area contributed by atoms with Gasteiger partial charge in [-0.15, -0.1) is 0 Å². The lowest BCUT2D eigenvalue weighted by Crippen LogP contribution is -2.46. The van der Waals surface area contributed by atoms with Crippen LogP contribution in [0.1, 0.15) is 20.8 Å². The lowest BCUT2D eigenvalue weighted by atomic mass is 10.1. The van der Waals surface area contributed by atoms with Crippen LogP contribution in [0.5, 0.6) is 5.88 Å². The molecule has 1 rings (SSSR count). The first-order valence-electron chi connectivity index (χ1n) is 6.33. The fourth-order valence-electron chi connectivity index (χ4n) is 1.51. The number of carboxylic acid groups (broad SMARTS) is 1. The van der Waals surface area contributed by atoms with Crippen LogP contribution in [0.15, 0.2) is 18.3 Å². The highest BCUT2D eigenvalue weighted by atomic mass is 16.5. The van der Waals surface area contributed by atoms with Crippen molar-refractivity contribution in [1.29, 1.82) is 0 Å². The molecule has 7 heteroatoms. The van der Waals surface area contributed by atoms with Crippen LogP contribution in [0, 0.1) is 5.92 Å². The minimum atomic E-state index is -1.07. The second-order valence-electron chi connectivity index (χ2n) is 4.48. The second kappa shape index (κ2) is 7.32. The molecule has 1 unspecified atom stereocenters. The number of pyridine rings is 1. The molecular formula is C13H19N3O4. The molecule has 1 aromatic heterocycles. The van der Waals surface area contributed by atoms with Crippen LogP contribution in [0.2, 0.25) is 0 Å². The maximum atomic E-state index is 11.7. The predicted octanol–water partition coefficient (Wildman–Crippen LogP) is 1.71. The lowest BCUT2D eigenvalue weighted by Gasteiger charge is -2.18. The molecule has 0 aromatic carbocycles. The van der Waals surface area contributed by atoms with Gasteiger partial charge in [-0.05, 0) is 18.9 Å². The minimum Gasteiger partial charge on any atom is -0.480 e. The van der Waals surface area contributed by atoms with Crippen molar-refractivity contribution in [2.24, 2.45) is 5.92 Å². The first-order valence-corrected chi connectivity index (χ1v) is 6.33. The highest BCUT2D eigenvalue weighted by Gasteiger charge is 2.23. The smallest absolute Gasteiger partial charge is 0.326 e. The molecule has 1 aromatic rings. The molecule has 0 aliphatic rings. The zero-order valence-corrected chi connectivity index (χ0v) is 11.7. The molecule has 1 atom stereocenters. The Morgan fingerprint density at radius 1 is 1.40 bits per heavy atom. The van der Waals surface area contributed by atoms with Gasteiger partial charge in [0.15, 0.2) is 0 Å². The Labute approximate surface area is 117 Å². The van der Waals surface area contributed by atoms with Gasteiger partial charge in [-0.1, -0.05) is 13.8 Å². The maximum Gasteiger partial charge on any atom is 0.326 e. The van der Waals surface area contributed by atoms with E-state index in [9.17, 15) is 9.59 Å². The largest absolute Gasteiger partial charge is 0.480 e. The van der Waals surface area contributed by atoms with Gasteiger partial charge >= 0.3 is 12.0 Å². The molecule has 0 aliphatic carbocycles. The number of hydrogen-bond donors (Lipinski definition) is 3. The number of carbonyl (C=O) groups is 2. The van der Waals surface area contributed by atoms with E-state index < -0.39 is 18.0 Å². The number of aliphatic carboxylic acids is 1. The summed E-state index contributed by atoms with van der Waals surface area (Å²) in [6.07, 6.45) is 1.44. The maximum absolute atomic E-state index is 11.7. The fraction of sp³-hybridized carbons (Fsp3) is 0.462. The van der Waals surface area contributed by atoms with Crippen molar-refractivity contribution < 1.29 is 19.4 Å². The third-order valence-electron chi connectivity index (χ3n) is 2.51. The van der Waals surface area contributed by atoms with Crippen LogP contribution in [-0.2, 0) is 4.79 Å². The molecule has 3 N–H and O–H groups in total. The Bertz CT molecular complexity index is 459. The summed E-state index contributed by atoms with van der Waals surface area (Å²) in [5.41, 5.74) is 0.457. The van der Waals surface area contributed by atoms with Crippen molar-refractivity contribution in [2.45, 2.75) is 26.8 Å². The van der Waals surface area contributed by atoms with E-state index in [2.05, 4.69) is 15.6 Å². The summed E-state index contributed by atoms with van der Waals surface area (Å²) in [5.74, 6) is -0.819. The average Bonchev–Trinajstić information content (AvgIpc) is 2.38. The van der Waals surface area contributed by atoms with E-state index in [0.717, 1.165) is 0 Å². The molecular weight excluding hydrogens is 262 g/mol. The molecule has 7 nitrogen and oxygen atoms in total. The topological polar surface area (TPSA) is 101 Å². The summed E-state index contributed by atoms with van der Waals surface area (Å²) < 4.78 is 5.18. The highest BCUT2D eigenvalue weighted by molar-refractivity contribution is 5.92. The van der Waals surface area contributed by atoms with Crippen molar-refractivity contribution in [2.75, 3.05) is 11.9 Å². The van der Waals surface area contributed by atoms with Crippen LogP contribution in [0.3, 0.4) is 0 Å². The molecule has 0 saturated carbocycles. The molecule has 0 bridgehead atoms. The van der Waals surface area contributed by atoms with Crippen LogP contribution < -0.4 is 15.4 Å². The van der Waals surface area contributed by atoms with E-state index in [1.165, 1.54) is 6.20 Å². The predicted molar refractivity (Wildman–Crippen MR) is 73.8 cm³/mol. The summed E-state index contributed by atoms with van der Waals surface area (Å²) in [6.45, 7) is 5.79. The van der Waals surface area contributed by atoms with Crippen molar-refractivity contribution in [1.82, 2.24) is 10.3 Å². The highest BCUT2D eigenvalue weighted by Crippen LogP contribution is 2.11. The first-order chi connectivity index (χ1) is 9.43. The SMILES string of the molecule is CCOc1ccc(NC(=O)NC(C(=O)O)C(C)C)cn1. The number of urea groups is 1. The Balaban J connectivity index is 2.59. The molecule has 2 amide bonds. The Kier molecular flexibility index (Phi) is 5.76. The van der Waals surface area contributed by atoms with Crippen LogP contribution in [-0.4, -0.2) is 34.7 Å². The molecule has 20 heavy (non-hydrogen) atoms. The second-order valence-corrected chi connectivity index (χ2v) is 4.48. The zero-order chi connectivity index (χ0) is 15.1. The quantitative estimate of drug-likeness (QED) is 0.737. The van der Waals surface area contributed by atoms with Gasteiger partial charge in [0, 0.05) is 6.07 Å². The molecule has 0 radical (unpaired) electrons. The van der Waals surface area contributed by atoms with Gasteiger partial charge in [-0.3, -0.25) is 0 Å². The van der Waals surface area contributed by atoms with Gasteiger partial charge in [0.1, 0.15) is 6.04 Å². The molecule has 0 saturated heterocycles. The van der Waals surface area contributed by atoms with Gasteiger partial charge in [-0.2, -0.15) is 0 Å². The number of hydrogen-bond acceptors (Lipinski definition) is 4. The molecule has 110 valence electrons. The Morgan fingerprint density at radius 2 is 2.10 bits per heavy atom. The number of amides is 2. The number of nitrogens with zero attached hydrogens (tertiary/aromatic N) is 1. The number of anilines is 1. The van der Waals surface area contributed by atoms with E-state index in [-0.39, 0.29) is 5.92 Å². The zero-order valence-electron chi connectivity index (χ0n) is 11.7. The summed E-state index contributed by atoms with van der Waals surface area (Å²) in [5, 5.41) is 13.9. The van der Waals surface area contributed by atoms with Crippen molar-refractivity contribution >= 4 is 17.7 Å². The van der Waals surface area contributed by atoms with E-state index in [4.69, 9.17) is 9.84 Å². The fourth-order valence-corrected chi connectivity index (χ4v) is 1.51. The minimum absolute atomic E-state index is 0.211. The van der Waals surface area contributed by atoms with Crippen LogP contribution in [0.25, 0.3) is 0 Å². The summed E-state index contributed by atoms with van der Waals surface area (Å²) >= 11 is 0. The van der Waals surface area contributed by atoms with Crippen LogP contribution >= 0.6 is 0 Å². The van der Waals surface area contributed by atoms with Gasteiger partial charge in [0.05, 0.1) is 18.5 Å². The van der Waals surface area contributed by atoms with Crippen molar-refractivity contribution in [3.8, 4) is 5.88 Å². The Hall–Kier alpha value is -2.31. The van der Waals surface area contributed by atoms with E-state index in [1.807, 2.05) is 6.92 Å². The average molecular weight is 281 g/mol. The lowest BCUT2D eigenvalue weighted by molar-refractivity contribution is -0.140. The number of nitrogens with one attached hydrogen (secondary N) is 2. The number of ether oxygens (including phenoxy) is 1. The normalized spacial score (nSPS) is 11.8. The third-order valence-corrected chi connectivity index (χ3v) is 2.51. The monoisotopic (exact) mass is 281 g/mol. The molecule has 1 heterocycles. The summed E-state index contributed by atoms with van der Waals surface area (Å²) in [7, 11) is 0. The molecule has 0 fully saturated rings. The third kappa shape index (κ3) is 4.75. The van der Waals surface area contributed by atoms with Crippen molar-refractivity contribution in [3.05, 3.63) is 18.3 Å². The molecule has 0 aliphatic heterocycles. The number of carbonyl (C=O) groups excluding carboxylic acids is 1. The van der Waals surface area contributed by atoms with Gasteiger partial charge < -0.3 is 20.5 Å². The van der Waals surface area contributed by atoms with E-state index in [0.29, 0.717) is 18.2 Å². The van der Waals surface area contributed by atoms with Gasteiger partial charge in [0.2, 0.25) is 5.88 Å². The van der Waals surface area contributed by atoms with Crippen molar-refractivity contribution in [3.63, 3.8) is 0 Å². The summed E-state index contributed by atoms with van der Waals surface area (Å²) in [4.78, 5) is 26.7. The standard InChI is InChI=1S/C13H19N3O4/c1-4-20-10-6-5-9(7-14-10)15-13(19)16-11(8(2)3)12(17)18/h5-8,11H,4H2,1-3H3,(H,17,18)(H2,15,16,19). The number of carboxylic acids is 1. The first kappa shape index (κ1) is 15.7. The number of rotatable bonds is 6.